The maximum Gasteiger partial charge on any atom is 0.264 e. The van der Waals surface area contributed by atoms with Crippen LogP contribution in [0.5, 0.6) is 0 Å². The molecule has 1 N–H and O–H groups in total. The van der Waals surface area contributed by atoms with Crippen molar-refractivity contribution in [2.24, 2.45) is 0 Å². The van der Waals surface area contributed by atoms with Gasteiger partial charge in [-0.1, -0.05) is 12.1 Å². The van der Waals surface area contributed by atoms with Gasteiger partial charge in [-0.05, 0) is 31.0 Å². The molecule has 0 saturated heterocycles. The molecule has 0 spiro atoms. The van der Waals surface area contributed by atoms with E-state index in [1.54, 1.807) is 12.1 Å². The molecular weight excluding hydrogens is 254 g/mol. The highest BCUT2D eigenvalue weighted by atomic mass is 32.2. The highest BCUT2D eigenvalue weighted by molar-refractivity contribution is 7.90. The lowest BCUT2D eigenvalue weighted by Crippen LogP contribution is -2.28. The van der Waals surface area contributed by atoms with Crippen molar-refractivity contribution in [1.29, 1.82) is 0 Å². The number of hydrogen-bond acceptors (Lipinski definition) is 4. The Morgan fingerprint density at radius 1 is 1.11 bits per heavy atom. The third-order valence-electron chi connectivity index (χ3n) is 2.28. The second-order valence-electron chi connectivity index (χ2n) is 4.01. The van der Waals surface area contributed by atoms with Crippen LogP contribution in [0.4, 0.5) is 0 Å². The van der Waals surface area contributed by atoms with Crippen molar-refractivity contribution in [2.45, 2.75) is 31.6 Å². The van der Waals surface area contributed by atoms with E-state index in [9.17, 15) is 18.0 Å². The first-order valence-corrected chi connectivity index (χ1v) is 6.91. The molecule has 0 bridgehead atoms. The summed E-state index contributed by atoms with van der Waals surface area (Å²) in [6.07, 6.45) is 1.01. The molecule has 1 aromatic rings. The van der Waals surface area contributed by atoms with Gasteiger partial charge in [-0.3, -0.25) is 4.79 Å². The minimum absolute atomic E-state index is 0.0317. The van der Waals surface area contributed by atoms with Gasteiger partial charge in [0.15, 0.2) is 0 Å². The first kappa shape index (κ1) is 14.4. The Bertz CT molecular complexity index is 546. The van der Waals surface area contributed by atoms with Crippen LogP contribution in [0.1, 0.15) is 25.8 Å². The number of nitrogens with one attached hydrogen (secondary N) is 1. The van der Waals surface area contributed by atoms with Crippen LogP contribution in [0.3, 0.4) is 0 Å². The van der Waals surface area contributed by atoms with Crippen LogP contribution in [0.2, 0.25) is 0 Å². The number of aryl methyl sites for hydroxylation is 1. The van der Waals surface area contributed by atoms with E-state index in [0.717, 1.165) is 12.5 Å². The molecule has 0 heterocycles. The number of rotatable bonds is 5. The molecule has 0 saturated carbocycles. The summed E-state index contributed by atoms with van der Waals surface area (Å²) in [4.78, 5) is 21.6. The van der Waals surface area contributed by atoms with Crippen molar-refractivity contribution in [1.82, 2.24) is 4.72 Å². The molecular formula is C12H15NO4S. The maximum atomic E-state index is 11.6. The third-order valence-corrected chi connectivity index (χ3v) is 3.73. The number of benzene rings is 1. The van der Waals surface area contributed by atoms with Crippen molar-refractivity contribution in [2.75, 3.05) is 0 Å². The molecule has 0 aliphatic heterocycles. The lowest BCUT2D eigenvalue weighted by atomic mass is 10.1. The van der Waals surface area contributed by atoms with E-state index in [4.69, 9.17) is 0 Å². The average molecular weight is 269 g/mol. The molecule has 6 heteroatoms. The first-order chi connectivity index (χ1) is 8.31. The van der Waals surface area contributed by atoms with Gasteiger partial charge in [-0.2, -0.15) is 0 Å². The Kier molecular flexibility index (Phi) is 4.61. The molecule has 0 aromatic heterocycles. The highest BCUT2D eigenvalue weighted by Crippen LogP contribution is 2.11. The maximum absolute atomic E-state index is 11.6. The van der Waals surface area contributed by atoms with Gasteiger partial charge in [0.05, 0.1) is 4.90 Å². The van der Waals surface area contributed by atoms with Crippen LogP contribution >= 0.6 is 0 Å². The molecule has 0 aliphatic rings. The Hall–Kier alpha value is -1.69. The average Bonchev–Trinajstić information content (AvgIpc) is 2.25. The van der Waals surface area contributed by atoms with Crippen molar-refractivity contribution >= 4 is 21.7 Å². The molecule has 5 nitrogen and oxygen atoms in total. The van der Waals surface area contributed by atoms with Crippen LogP contribution in [0.25, 0.3) is 0 Å². The minimum atomic E-state index is -3.77. The minimum Gasteiger partial charge on any atom is -0.300 e. The summed E-state index contributed by atoms with van der Waals surface area (Å²) in [6, 6.07) is 6.11. The molecule has 0 aliphatic carbocycles. The fourth-order valence-electron chi connectivity index (χ4n) is 1.40. The zero-order chi connectivity index (χ0) is 13.8. The van der Waals surface area contributed by atoms with Gasteiger partial charge in [-0.15, -0.1) is 0 Å². The summed E-state index contributed by atoms with van der Waals surface area (Å²) in [5.74, 6) is -0.541. The Labute approximate surface area is 106 Å². The first-order valence-electron chi connectivity index (χ1n) is 5.43. The van der Waals surface area contributed by atoms with E-state index in [-0.39, 0.29) is 10.7 Å². The number of amides is 1. The summed E-state index contributed by atoms with van der Waals surface area (Å²) in [7, 11) is -3.77. The standard InChI is InChI=1S/C12H15NO4S/c1-9(14)3-4-11-5-7-12(8-6-11)18(16,17)13-10(2)15/h5-8H,3-4H2,1-2H3,(H,13,15). The summed E-state index contributed by atoms with van der Waals surface area (Å²) in [5.41, 5.74) is 0.881. The summed E-state index contributed by atoms with van der Waals surface area (Å²) in [5, 5.41) is 0. The van der Waals surface area contributed by atoms with E-state index in [1.165, 1.54) is 19.1 Å². The monoisotopic (exact) mass is 269 g/mol. The molecule has 0 radical (unpaired) electrons. The molecule has 1 amide bonds. The topological polar surface area (TPSA) is 80.3 Å². The quantitative estimate of drug-likeness (QED) is 0.865. The highest BCUT2D eigenvalue weighted by Gasteiger charge is 2.14. The van der Waals surface area contributed by atoms with Crippen LogP contribution in [-0.4, -0.2) is 20.1 Å². The number of ketones is 1. The van der Waals surface area contributed by atoms with Gasteiger partial charge in [0.2, 0.25) is 5.91 Å². The van der Waals surface area contributed by atoms with Crippen LogP contribution in [0.15, 0.2) is 29.2 Å². The van der Waals surface area contributed by atoms with Crippen LogP contribution in [-0.2, 0) is 26.0 Å². The van der Waals surface area contributed by atoms with E-state index >= 15 is 0 Å². The third kappa shape index (κ3) is 4.29. The van der Waals surface area contributed by atoms with Gasteiger partial charge in [-0.25, -0.2) is 13.1 Å². The van der Waals surface area contributed by atoms with E-state index in [2.05, 4.69) is 0 Å². The van der Waals surface area contributed by atoms with E-state index in [0.29, 0.717) is 12.8 Å². The number of hydrogen-bond donors (Lipinski definition) is 1. The molecule has 0 atom stereocenters. The second-order valence-corrected chi connectivity index (χ2v) is 5.69. The van der Waals surface area contributed by atoms with Crippen molar-refractivity contribution in [3.63, 3.8) is 0 Å². The SMILES string of the molecule is CC(=O)CCc1ccc(S(=O)(=O)NC(C)=O)cc1. The molecule has 18 heavy (non-hydrogen) atoms. The van der Waals surface area contributed by atoms with Gasteiger partial charge in [0.25, 0.3) is 10.0 Å². The molecule has 1 rings (SSSR count). The van der Waals surface area contributed by atoms with Gasteiger partial charge < -0.3 is 4.79 Å². The number of carbonyl (C=O) groups is 2. The van der Waals surface area contributed by atoms with Gasteiger partial charge in [0.1, 0.15) is 5.78 Å². The lowest BCUT2D eigenvalue weighted by Gasteiger charge is -2.05. The summed E-state index contributed by atoms with van der Waals surface area (Å²) < 4.78 is 25.2. The normalized spacial score (nSPS) is 11.0. The van der Waals surface area contributed by atoms with Gasteiger partial charge >= 0.3 is 0 Å². The predicted molar refractivity (Wildman–Crippen MR) is 66.4 cm³/mol. The molecule has 1 aromatic carbocycles. The zero-order valence-electron chi connectivity index (χ0n) is 10.3. The molecule has 98 valence electrons. The van der Waals surface area contributed by atoms with Crippen molar-refractivity contribution < 1.29 is 18.0 Å². The fraction of sp³-hybridized carbons (Fsp3) is 0.333. The Morgan fingerprint density at radius 3 is 2.11 bits per heavy atom. The van der Waals surface area contributed by atoms with E-state index < -0.39 is 15.9 Å². The summed E-state index contributed by atoms with van der Waals surface area (Å²) >= 11 is 0. The largest absolute Gasteiger partial charge is 0.300 e. The predicted octanol–water partition coefficient (Wildman–Crippen LogP) is 1.03. The van der Waals surface area contributed by atoms with Crippen LogP contribution in [0, 0.1) is 0 Å². The number of sulfonamides is 1. The van der Waals surface area contributed by atoms with Crippen molar-refractivity contribution in [3.8, 4) is 0 Å². The summed E-state index contributed by atoms with van der Waals surface area (Å²) in [6.45, 7) is 2.65. The smallest absolute Gasteiger partial charge is 0.264 e. The van der Waals surface area contributed by atoms with E-state index in [1.807, 2.05) is 4.72 Å². The second kappa shape index (κ2) is 5.77. The number of Topliss-reactive ketones (excluding diaryl/α,β-unsaturated/α-hetero) is 1. The zero-order valence-corrected chi connectivity index (χ0v) is 11.1. The van der Waals surface area contributed by atoms with Crippen LogP contribution < -0.4 is 4.72 Å². The van der Waals surface area contributed by atoms with Gasteiger partial charge in [0, 0.05) is 13.3 Å². The van der Waals surface area contributed by atoms with Crippen molar-refractivity contribution in [3.05, 3.63) is 29.8 Å². The molecule has 0 fully saturated rings. The number of carbonyl (C=O) groups excluding carboxylic acids is 2. The Balaban J connectivity index is 2.82. The lowest BCUT2D eigenvalue weighted by molar-refractivity contribution is -0.118. The Morgan fingerprint density at radius 2 is 1.67 bits per heavy atom. The molecule has 0 unspecified atom stereocenters. The fourth-order valence-corrected chi connectivity index (χ4v) is 2.39.